The summed E-state index contributed by atoms with van der Waals surface area (Å²) in [5.41, 5.74) is 2.76. The minimum absolute atomic E-state index is 0.153. The number of rotatable bonds is 4. The van der Waals surface area contributed by atoms with E-state index in [4.69, 9.17) is 0 Å². The van der Waals surface area contributed by atoms with Gasteiger partial charge < -0.3 is 15.7 Å². The quantitative estimate of drug-likeness (QED) is 0.714. The Labute approximate surface area is 94.5 Å². The zero-order valence-corrected chi connectivity index (χ0v) is 9.81. The van der Waals surface area contributed by atoms with Gasteiger partial charge in [0.2, 0.25) is 0 Å². The van der Waals surface area contributed by atoms with Gasteiger partial charge >= 0.3 is 0 Å². The van der Waals surface area contributed by atoms with Crippen molar-refractivity contribution in [2.45, 2.75) is 32.0 Å². The third-order valence-electron chi connectivity index (χ3n) is 2.87. The Morgan fingerprint density at radius 1 is 1.60 bits per heavy atom. The summed E-state index contributed by atoms with van der Waals surface area (Å²) in [5.74, 6) is 0. The van der Waals surface area contributed by atoms with Crippen LogP contribution in [0.4, 0.5) is 0 Å². The Bertz CT molecular complexity index is 313. The summed E-state index contributed by atoms with van der Waals surface area (Å²) in [4.78, 5) is 0. The summed E-state index contributed by atoms with van der Waals surface area (Å²) >= 11 is 1.75. The van der Waals surface area contributed by atoms with Gasteiger partial charge in [-0.25, -0.2) is 0 Å². The molecule has 1 aromatic rings. The number of aliphatic hydroxyl groups is 1. The predicted molar refractivity (Wildman–Crippen MR) is 63.2 cm³/mol. The lowest BCUT2D eigenvalue weighted by atomic mass is 10.2. The third kappa shape index (κ3) is 3.01. The highest BCUT2D eigenvalue weighted by Gasteiger charge is 2.21. The van der Waals surface area contributed by atoms with E-state index in [1.165, 1.54) is 11.1 Å². The van der Waals surface area contributed by atoms with Gasteiger partial charge in [0.15, 0.2) is 0 Å². The molecule has 2 atom stereocenters. The molecule has 15 heavy (non-hydrogen) atoms. The molecule has 0 spiro atoms. The first-order valence-electron chi connectivity index (χ1n) is 5.39. The van der Waals surface area contributed by atoms with Crippen LogP contribution >= 0.6 is 11.3 Å². The van der Waals surface area contributed by atoms with Crippen molar-refractivity contribution >= 4 is 11.3 Å². The van der Waals surface area contributed by atoms with Crippen LogP contribution in [0.25, 0.3) is 0 Å². The number of aliphatic hydroxyl groups excluding tert-OH is 1. The van der Waals surface area contributed by atoms with E-state index in [0.29, 0.717) is 6.04 Å². The van der Waals surface area contributed by atoms with E-state index < -0.39 is 0 Å². The fraction of sp³-hybridized carbons (Fsp3) is 0.636. The standard InChI is InChI=1S/C11H18N2OS/c1-8-6-15-7-9(8)3-12-4-10-2-11(14)5-13-10/h6-7,10-14H,2-5H2,1H3. The number of aryl methyl sites for hydroxylation is 1. The van der Waals surface area contributed by atoms with Gasteiger partial charge in [0.05, 0.1) is 6.10 Å². The number of thiophene rings is 1. The number of hydrogen-bond donors (Lipinski definition) is 3. The molecule has 84 valence electrons. The molecular weight excluding hydrogens is 208 g/mol. The SMILES string of the molecule is Cc1cscc1CNCC1CC(O)CN1. The van der Waals surface area contributed by atoms with Crippen molar-refractivity contribution < 1.29 is 5.11 Å². The van der Waals surface area contributed by atoms with Crippen LogP contribution in [0, 0.1) is 6.92 Å². The molecule has 0 saturated carbocycles. The molecule has 1 fully saturated rings. The maximum atomic E-state index is 9.34. The summed E-state index contributed by atoms with van der Waals surface area (Å²) in [6.45, 7) is 4.75. The largest absolute Gasteiger partial charge is 0.392 e. The van der Waals surface area contributed by atoms with Gasteiger partial charge in [0, 0.05) is 25.7 Å². The zero-order chi connectivity index (χ0) is 10.7. The van der Waals surface area contributed by atoms with E-state index in [9.17, 15) is 5.11 Å². The molecule has 1 aromatic heterocycles. The Hall–Kier alpha value is -0.420. The molecule has 0 radical (unpaired) electrons. The minimum Gasteiger partial charge on any atom is -0.392 e. The molecule has 1 aliphatic rings. The molecule has 1 aliphatic heterocycles. The molecule has 2 unspecified atom stereocenters. The monoisotopic (exact) mass is 226 g/mol. The van der Waals surface area contributed by atoms with E-state index >= 15 is 0 Å². The maximum Gasteiger partial charge on any atom is 0.0680 e. The Morgan fingerprint density at radius 2 is 2.47 bits per heavy atom. The average Bonchev–Trinajstić information content (AvgIpc) is 2.77. The summed E-state index contributed by atoms with van der Waals surface area (Å²) in [7, 11) is 0. The van der Waals surface area contributed by atoms with Gasteiger partial charge in [-0.15, -0.1) is 0 Å². The first kappa shape index (κ1) is 11.1. The van der Waals surface area contributed by atoms with Crippen molar-refractivity contribution in [2.24, 2.45) is 0 Å². The summed E-state index contributed by atoms with van der Waals surface area (Å²) in [5, 5.41) is 20.4. The van der Waals surface area contributed by atoms with Gasteiger partial charge in [-0.1, -0.05) is 0 Å². The van der Waals surface area contributed by atoms with Crippen molar-refractivity contribution in [2.75, 3.05) is 13.1 Å². The molecule has 4 heteroatoms. The van der Waals surface area contributed by atoms with Crippen molar-refractivity contribution in [3.8, 4) is 0 Å². The molecule has 0 amide bonds. The van der Waals surface area contributed by atoms with Crippen LogP contribution in [-0.4, -0.2) is 30.3 Å². The fourth-order valence-corrected chi connectivity index (χ4v) is 2.76. The number of nitrogens with one attached hydrogen (secondary N) is 2. The van der Waals surface area contributed by atoms with E-state index in [1.54, 1.807) is 11.3 Å². The number of β-amino-alcohol motifs (C(OH)–C–C–N with tert-alkyl or cyclic N) is 1. The van der Waals surface area contributed by atoms with Crippen LogP contribution in [-0.2, 0) is 6.54 Å². The molecule has 2 heterocycles. The van der Waals surface area contributed by atoms with Gasteiger partial charge in [0.1, 0.15) is 0 Å². The van der Waals surface area contributed by atoms with Crippen LogP contribution in [0.15, 0.2) is 10.8 Å². The van der Waals surface area contributed by atoms with E-state index in [0.717, 1.165) is 26.1 Å². The second kappa shape index (κ2) is 5.07. The molecule has 0 aromatic carbocycles. The Kier molecular flexibility index (Phi) is 3.75. The highest BCUT2D eigenvalue weighted by atomic mass is 32.1. The van der Waals surface area contributed by atoms with Crippen LogP contribution in [0.1, 0.15) is 17.5 Å². The molecular formula is C11H18N2OS. The Balaban J connectivity index is 1.69. The average molecular weight is 226 g/mol. The van der Waals surface area contributed by atoms with Gasteiger partial charge in [-0.05, 0) is 35.2 Å². The minimum atomic E-state index is -0.153. The lowest BCUT2D eigenvalue weighted by Crippen LogP contribution is -2.33. The fourth-order valence-electron chi connectivity index (χ4n) is 1.90. The van der Waals surface area contributed by atoms with Crippen molar-refractivity contribution in [3.05, 3.63) is 21.9 Å². The summed E-state index contributed by atoms with van der Waals surface area (Å²) in [6, 6.07) is 0.430. The highest BCUT2D eigenvalue weighted by molar-refractivity contribution is 7.08. The summed E-state index contributed by atoms with van der Waals surface area (Å²) < 4.78 is 0. The van der Waals surface area contributed by atoms with Gasteiger partial charge in [-0.2, -0.15) is 11.3 Å². The normalized spacial score (nSPS) is 26.0. The second-order valence-corrected chi connectivity index (χ2v) is 4.95. The van der Waals surface area contributed by atoms with E-state index in [2.05, 4.69) is 28.3 Å². The van der Waals surface area contributed by atoms with Gasteiger partial charge in [0.25, 0.3) is 0 Å². The van der Waals surface area contributed by atoms with Crippen LogP contribution in [0.2, 0.25) is 0 Å². The van der Waals surface area contributed by atoms with E-state index in [1.807, 2.05) is 0 Å². The van der Waals surface area contributed by atoms with Gasteiger partial charge in [-0.3, -0.25) is 0 Å². The lowest BCUT2D eigenvalue weighted by molar-refractivity contribution is 0.193. The topological polar surface area (TPSA) is 44.3 Å². The van der Waals surface area contributed by atoms with Crippen molar-refractivity contribution in [3.63, 3.8) is 0 Å². The van der Waals surface area contributed by atoms with Crippen LogP contribution in [0.3, 0.4) is 0 Å². The molecule has 1 saturated heterocycles. The predicted octanol–water partition coefficient (Wildman–Crippen LogP) is 0.869. The van der Waals surface area contributed by atoms with Crippen LogP contribution < -0.4 is 10.6 Å². The Morgan fingerprint density at radius 3 is 3.07 bits per heavy atom. The second-order valence-electron chi connectivity index (χ2n) is 4.21. The van der Waals surface area contributed by atoms with Crippen molar-refractivity contribution in [1.82, 2.24) is 10.6 Å². The highest BCUT2D eigenvalue weighted by Crippen LogP contribution is 2.13. The maximum absolute atomic E-state index is 9.34. The third-order valence-corrected chi connectivity index (χ3v) is 3.78. The van der Waals surface area contributed by atoms with Crippen molar-refractivity contribution in [1.29, 1.82) is 0 Å². The smallest absolute Gasteiger partial charge is 0.0680 e. The van der Waals surface area contributed by atoms with Crippen LogP contribution in [0.5, 0.6) is 0 Å². The molecule has 0 bridgehead atoms. The first-order valence-corrected chi connectivity index (χ1v) is 6.34. The molecule has 0 aliphatic carbocycles. The first-order chi connectivity index (χ1) is 7.25. The lowest BCUT2D eigenvalue weighted by Gasteiger charge is -2.11. The molecule has 2 rings (SSSR count). The molecule has 3 nitrogen and oxygen atoms in total. The molecule has 3 N–H and O–H groups in total. The van der Waals surface area contributed by atoms with E-state index in [-0.39, 0.29) is 6.10 Å². The summed E-state index contributed by atoms with van der Waals surface area (Å²) in [6.07, 6.45) is 0.718. The zero-order valence-electron chi connectivity index (χ0n) is 8.99. The number of hydrogen-bond acceptors (Lipinski definition) is 4.